The third kappa shape index (κ3) is 3.77. The number of carboxylic acid groups (broad SMARTS) is 1. The Morgan fingerprint density at radius 2 is 2.07 bits per heavy atom. The number of piperidine rings is 1. The summed E-state index contributed by atoms with van der Waals surface area (Å²) in [5.41, 5.74) is 5.49. The number of hydrogen-bond donors (Lipinski definition) is 2. The molecule has 1 saturated heterocycles. The van der Waals surface area contributed by atoms with E-state index in [1.807, 2.05) is 0 Å². The molecule has 1 heterocycles. The van der Waals surface area contributed by atoms with Gasteiger partial charge in [-0.05, 0) is 40.0 Å². The Hall–Kier alpha value is -0.650. The maximum Gasteiger partial charge on any atom is 0.321 e. The molecule has 0 saturated carbocycles. The number of nitrogens with zero attached hydrogens (tertiary/aromatic N) is 2. The van der Waals surface area contributed by atoms with Gasteiger partial charge in [0.2, 0.25) is 0 Å². The van der Waals surface area contributed by atoms with Crippen molar-refractivity contribution in [2.24, 2.45) is 5.73 Å². The van der Waals surface area contributed by atoms with E-state index < -0.39 is 12.0 Å². The van der Waals surface area contributed by atoms with E-state index in [1.165, 1.54) is 0 Å². The summed E-state index contributed by atoms with van der Waals surface area (Å²) in [6.07, 6.45) is 2.19. The Kier molecular flexibility index (Phi) is 4.50. The van der Waals surface area contributed by atoms with Gasteiger partial charge in [-0.25, -0.2) is 0 Å². The molecule has 1 unspecified atom stereocenters. The molecule has 0 aromatic heterocycles. The molecule has 0 spiro atoms. The van der Waals surface area contributed by atoms with E-state index in [4.69, 9.17) is 10.8 Å². The molecule has 0 amide bonds. The normalized spacial score (nSPS) is 21.9. The number of aliphatic carboxylic acids is 1. The third-order valence-electron chi connectivity index (χ3n) is 3.06. The maximum absolute atomic E-state index is 10.6. The van der Waals surface area contributed by atoms with Crippen LogP contribution in [0.2, 0.25) is 0 Å². The van der Waals surface area contributed by atoms with Crippen LogP contribution in [0.5, 0.6) is 0 Å². The summed E-state index contributed by atoms with van der Waals surface area (Å²) in [7, 11) is 4.17. The lowest BCUT2D eigenvalue weighted by molar-refractivity contribution is -0.139. The van der Waals surface area contributed by atoms with Crippen molar-refractivity contribution >= 4 is 5.97 Å². The van der Waals surface area contributed by atoms with Gasteiger partial charge in [-0.2, -0.15) is 0 Å². The van der Waals surface area contributed by atoms with Crippen molar-refractivity contribution in [2.75, 3.05) is 33.7 Å². The molecule has 0 bridgehead atoms. The Morgan fingerprint density at radius 3 is 2.47 bits per heavy atom. The molecule has 1 aliphatic heterocycles. The zero-order chi connectivity index (χ0) is 11.4. The molecule has 0 aromatic carbocycles. The van der Waals surface area contributed by atoms with Crippen molar-refractivity contribution in [3.8, 4) is 0 Å². The fourth-order valence-electron chi connectivity index (χ4n) is 1.97. The first-order valence-corrected chi connectivity index (χ1v) is 5.38. The maximum atomic E-state index is 10.6. The van der Waals surface area contributed by atoms with Crippen LogP contribution in [-0.4, -0.2) is 66.7 Å². The first-order chi connectivity index (χ1) is 7.00. The van der Waals surface area contributed by atoms with Gasteiger partial charge in [0.25, 0.3) is 0 Å². The fraction of sp³-hybridized carbons (Fsp3) is 0.900. The zero-order valence-corrected chi connectivity index (χ0v) is 9.52. The Morgan fingerprint density at radius 1 is 1.53 bits per heavy atom. The van der Waals surface area contributed by atoms with Crippen LogP contribution in [-0.2, 0) is 4.79 Å². The predicted octanol–water partition coefficient (Wildman–Crippen LogP) is -0.576. The minimum absolute atomic E-state index is 0.468. The summed E-state index contributed by atoms with van der Waals surface area (Å²) in [6, 6.07) is -0.122. The largest absolute Gasteiger partial charge is 0.480 e. The third-order valence-corrected chi connectivity index (χ3v) is 3.06. The van der Waals surface area contributed by atoms with E-state index in [2.05, 4.69) is 23.9 Å². The van der Waals surface area contributed by atoms with Gasteiger partial charge in [0, 0.05) is 12.6 Å². The Balaban J connectivity index is 2.28. The van der Waals surface area contributed by atoms with Crippen LogP contribution in [0.3, 0.4) is 0 Å². The Labute approximate surface area is 90.8 Å². The van der Waals surface area contributed by atoms with Crippen molar-refractivity contribution in [3.05, 3.63) is 0 Å². The molecule has 5 nitrogen and oxygen atoms in total. The second kappa shape index (κ2) is 5.44. The lowest BCUT2D eigenvalue weighted by Crippen LogP contribution is -2.48. The number of likely N-dealkylation sites (tertiary alicyclic amines) is 1. The highest BCUT2D eigenvalue weighted by Gasteiger charge is 2.23. The molecule has 1 rings (SSSR count). The summed E-state index contributed by atoms with van der Waals surface area (Å²) in [5, 5.41) is 8.69. The van der Waals surface area contributed by atoms with Crippen LogP contribution in [0.1, 0.15) is 12.8 Å². The van der Waals surface area contributed by atoms with Crippen molar-refractivity contribution < 1.29 is 9.90 Å². The predicted molar refractivity (Wildman–Crippen MR) is 58.8 cm³/mol. The van der Waals surface area contributed by atoms with Gasteiger partial charge in [0.1, 0.15) is 6.04 Å². The van der Waals surface area contributed by atoms with Crippen LogP contribution < -0.4 is 5.73 Å². The summed E-state index contributed by atoms with van der Waals surface area (Å²) in [5.74, 6) is -0.912. The monoisotopic (exact) mass is 215 g/mol. The van der Waals surface area contributed by atoms with Crippen LogP contribution in [0.15, 0.2) is 0 Å². The van der Waals surface area contributed by atoms with Gasteiger partial charge in [-0.15, -0.1) is 0 Å². The van der Waals surface area contributed by atoms with E-state index in [1.54, 1.807) is 0 Å². The molecule has 5 heteroatoms. The molecule has 0 radical (unpaired) electrons. The quantitative estimate of drug-likeness (QED) is 0.657. The van der Waals surface area contributed by atoms with Crippen LogP contribution in [0, 0.1) is 0 Å². The zero-order valence-electron chi connectivity index (χ0n) is 9.52. The van der Waals surface area contributed by atoms with E-state index >= 15 is 0 Å². The van der Waals surface area contributed by atoms with Crippen molar-refractivity contribution in [2.45, 2.75) is 24.9 Å². The van der Waals surface area contributed by atoms with Crippen LogP contribution in [0.25, 0.3) is 0 Å². The van der Waals surface area contributed by atoms with Crippen molar-refractivity contribution in [1.82, 2.24) is 9.80 Å². The van der Waals surface area contributed by atoms with Crippen LogP contribution in [0.4, 0.5) is 0 Å². The molecular formula is C10H21N3O2. The molecule has 1 atom stereocenters. The first kappa shape index (κ1) is 12.4. The standard InChI is InChI=1S/C10H21N3O2/c1-12(2)8-3-5-13(6-4-8)7-9(11)10(14)15/h8-9H,3-7,11H2,1-2H3,(H,14,15). The van der Waals surface area contributed by atoms with Gasteiger partial charge in [0.15, 0.2) is 0 Å². The number of hydrogen-bond acceptors (Lipinski definition) is 4. The van der Waals surface area contributed by atoms with Crippen molar-refractivity contribution in [1.29, 1.82) is 0 Å². The molecule has 0 aliphatic carbocycles. The average molecular weight is 215 g/mol. The summed E-state index contributed by atoms with van der Waals surface area (Å²) in [4.78, 5) is 15.0. The van der Waals surface area contributed by atoms with Crippen molar-refractivity contribution in [3.63, 3.8) is 0 Å². The van der Waals surface area contributed by atoms with Gasteiger partial charge in [0.05, 0.1) is 0 Å². The topological polar surface area (TPSA) is 69.8 Å². The van der Waals surface area contributed by atoms with Gasteiger partial charge < -0.3 is 20.6 Å². The average Bonchev–Trinajstić information content (AvgIpc) is 2.18. The molecular weight excluding hydrogens is 194 g/mol. The molecule has 1 fully saturated rings. The number of rotatable bonds is 4. The lowest BCUT2D eigenvalue weighted by Gasteiger charge is -2.35. The smallest absolute Gasteiger partial charge is 0.321 e. The molecule has 3 N–H and O–H groups in total. The minimum atomic E-state index is -0.912. The SMILES string of the molecule is CN(C)C1CCN(CC(N)C(=O)O)CC1. The van der Waals surface area contributed by atoms with E-state index in [-0.39, 0.29) is 0 Å². The molecule has 15 heavy (non-hydrogen) atoms. The van der Waals surface area contributed by atoms with Crippen LogP contribution >= 0.6 is 0 Å². The number of nitrogens with two attached hydrogens (primary N) is 1. The highest BCUT2D eigenvalue weighted by molar-refractivity contribution is 5.73. The highest BCUT2D eigenvalue weighted by Crippen LogP contribution is 2.13. The van der Waals surface area contributed by atoms with Gasteiger partial charge >= 0.3 is 5.97 Å². The second-order valence-corrected chi connectivity index (χ2v) is 4.44. The number of carboxylic acids is 1. The first-order valence-electron chi connectivity index (χ1n) is 5.38. The van der Waals surface area contributed by atoms with Gasteiger partial charge in [-0.3, -0.25) is 4.79 Å². The van der Waals surface area contributed by atoms with Gasteiger partial charge in [-0.1, -0.05) is 0 Å². The van der Waals surface area contributed by atoms with E-state index in [0.29, 0.717) is 12.6 Å². The summed E-state index contributed by atoms with van der Waals surface area (Å²) >= 11 is 0. The molecule has 88 valence electrons. The number of carbonyl (C=O) groups is 1. The second-order valence-electron chi connectivity index (χ2n) is 4.44. The van der Waals surface area contributed by atoms with E-state index in [0.717, 1.165) is 25.9 Å². The summed E-state index contributed by atoms with van der Waals surface area (Å²) < 4.78 is 0. The lowest BCUT2D eigenvalue weighted by atomic mass is 10.0. The minimum Gasteiger partial charge on any atom is -0.480 e. The Bertz CT molecular complexity index is 213. The molecule has 0 aromatic rings. The highest BCUT2D eigenvalue weighted by atomic mass is 16.4. The molecule has 1 aliphatic rings. The summed E-state index contributed by atoms with van der Waals surface area (Å²) in [6.45, 7) is 2.36. The fourth-order valence-corrected chi connectivity index (χ4v) is 1.97. The van der Waals surface area contributed by atoms with E-state index in [9.17, 15) is 4.79 Å².